The first-order chi connectivity index (χ1) is 10.9. The molecular weight excluding hydrogens is 288 g/mol. The highest BCUT2D eigenvalue weighted by atomic mass is 32.1. The lowest BCUT2D eigenvalue weighted by molar-refractivity contribution is 0.443. The Labute approximate surface area is 133 Å². The highest BCUT2D eigenvalue weighted by Gasteiger charge is 2.20. The van der Waals surface area contributed by atoms with Gasteiger partial charge in [-0.15, -0.1) is 11.3 Å². The van der Waals surface area contributed by atoms with Gasteiger partial charge < -0.3 is 4.98 Å². The summed E-state index contributed by atoms with van der Waals surface area (Å²) in [6.07, 6.45) is 6.75. The first kappa shape index (κ1) is 12.7. The van der Waals surface area contributed by atoms with Crippen molar-refractivity contribution in [3.63, 3.8) is 0 Å². The summed E-state index contributed by atoms with van der Waals surface area (Å²) < 4.78 is 1.33. The van der Waals surface area contributed by atoms with E-state index >= 15 is 0 Å². The normalized spacial score (nSPS) is 16.9. The summed E-state index contributed by atoms with van der Waals surface area (Å²) in [5.41, 5.74) is 3.64. The van der Waals surface area contributed by atoms with E-state index in [1.807, 2.05) is 11.3 Å². The standard InChI is InChI=1S/C19H18N2S/c1-2-6-12(7-3-1)19-21-16-11-10-14-13-8-4-5-9-15(13)20-17(14)18(16)22-19/h4-5,8-12,20H,1-3,6-7H2. The number of rotatable bonds is 1. The van der Waals surface area contributed by atoms with E-state index in [0.29, 0.717) is 5.92 Å². The fourth-order valence-corrected chi connectivity index (χ4v) is 5.08. The van der Waals surface area contributed by atoms with Gasteiger partial charge in [0.1, 0.15) is 0 Å². The van der Waals surface area contributed by atoms with Gasteiger partial charge in [0.25, 0.3) is 0 Å². The molecule has 0 aliphatic heterocycles. The number of hydrogen-bond acceptors (Lipinski definition) is 2. The van der Waals surface area contributed by atoms with Gasteiger partial charge in [-0.2, -0.15) is 0 Å². The van der Waals surface area contributed by atoms with Crippen LogP contribution in [-0.2, 0) is 0 Å². The molecule has 0 amide bonds. The van der Waals surface area contributed by atoms with Crippen LogP contribution >= 0.6 is 11.3 Å². The molecule has 3 heteroatoms. The molecule has 2 aromatic carbocycles. The molecule has 1 saturated carbocycles. The minimum absolute atomic E-state index is 0.686. The molecule has 0 atom stereocenters. The van der Waals surface area contributed by atoms with E-state index in [1.165, 1.54) is 63.6 Å². The molecule has 5 rings (SSSR count). The first-order valence-corrected chi connectivity index (χ1v) is 9.02. The number of aromatic amines is 1. The molecule has 1 aliphatic rings. The summed E-state index contributed by atoms with van der Waals surface area (Å²) in [7, 11) is 0. The number of nitrogens with one attached hydrogen (secondary N) is 1. The highest BCUT2D eigenvalue weighted by Crippen LogP contribution is 2.40. The predicted octanol–water partition coefficient (Wildman–Crippen LogP) is 5.98. The van der Waals surface area contributed by atoms with Gasteiger partial charge in [-0.25, -0.2) is 4.98 Å². The fraction of sp³-hybridized carbons (Fsp3) is 0.316. The van der Waals surface area contributed by atoms with Crippen LogP contribution in [0.2, 0.25) is 0 Å². The summed E-state index contributed by atoms with van der Waals surface area (Å²) in [5, 5.41) is 3.98. The van der Waals surface area contributed by atoms with Crippen LogP contribution in [0.4, 0.5) is 0 Å². The number of nitrogens with zero attached hydrogens (tertiary/aromatic N) is 1. The molecule has 1 aliphatic carbocycles. The lowest BCUT2D eigenvalue weighted by Gasteiger charge is -2.18. The molecule has 1 fully saturated rings. The average molecular weight is 306 g/mol. The molecule has 22 heavy (non-hydrogen) atoms. The zero-order chi connectivity index (χ0) is 14.5. The van der Waals surface area contributed by atoms with Gasteiger partial charge in [-0.3, -0.25) is 0 Å². The molecule has 2 nitrogen and oxygen atoms in total. The number of thiazole rings is 1. The SMILES string of the molecule is c1ccc2c(c1)[nH]c1c2ccc2nc(C3CCCCC3)sc21. The van der Waals surface area contributed by atoms with Crippen molar-refractivity contribution in [2.45, 2.75) is 38.0 Å². The van der Waals surface area contributed by atoms with E-state index in [4.69, 9.17) is 4.98 Å². The largest absolute Gasteiger partial charge is 0.353 e. The topological polar surface area (TPSA) is 28.7 Å². The number of hydrogen-bond donors (Lipinski definition) is 1. The molecule has 1 N–H and O–H groups in total. The fourth-order valence-electron chi connectivity index (χ4n) is 3.84. The van der Waals surface area contributed by atoms with Crippen LogP contribution in [0.15, 0.2) is 36.4 Å². The molecule has 0 radical (unpaired) electrons. The number of benzene rings is 2. The molecule has 4 aromatic rings. The van der Waals surface area contributed by atoms with Crippen LogP contribution in [-0.4, -0.2) is 9.97 Å². The van der Waals surface area contributed by atoms with Crippen molar-refractivity contribution in [1.82, 2.24) is 9.97 Å². The Hall–Kier alpha value is -1.87. The maximum absolute atomic E-state index is 4.96. The third-order valence-corrected chi connectivity index (χ3v) is 6.26. The lowest BCUT2D eigenvalue weighted by atomic mass is 9.90. The average Bonchev–Trinajstić information content (AvgIpc) is 3.16. The van der Waals surface area contributed by atoms with Gasteiger partial charge >= 0.3 is 0 Å². The summed E-state index contributed by atoms with van der Waals surface area (Å²) in [4.78, 5) is 8.56. The van der Waals surface area contributed by atoms with Gasteiger partial charge in [0.05, 0.1) is 20.7 Å². The van der Waals surface area contributed by atoms with Crippen LogP contribution in [0, 0.1) is 0 Å². The second-order valence-corrected chi connectivity index (χ2v) is 7.42. The van der Waals surface area contributed by atoms with Crippen molar-refractivity contribution in [2.75, 3.05) is 0 Å². The van der Waals surface area contributed by atoms with Crippen LogP contribution in [0.5, 0.6) is 0 Å². The van der Waals surface area contributed by atoms with Crippen molar-refractivity contribution >= 4 is 43.4 Å². The number of aromatic nitrogens is 2. The van der Waals surface area contributed by atoms with Crippen molar-refractivity contribution in [3.8, 4) is 0 Å². The van der Waals surface area contributed by atoms with Gasteiger partial charge in [0.15, 0.2) is 0 Å². The van der Waals surface area contributed by atoms with Crippen molar-refractivity contribution in [1.29, 1.82) is 0 Å². The molecule has 2 heterocycles. The van der Waals surface area contributed by atoms with E-state index in [9.17, 15) is 0 Å². The summed E-state index contributed by atoms with van der Waals surface area (Å²) in [5.74, 6) is 0.686. The summed E-state index contributed by atoms with van der Waals surface area (Å²) >= 11 is 1.91. The van der Waals surface area contributed by atoms with Crippen LogP contribution < -0.4 is 0 Å². The number of H-pyrrole nitrogens is 1. The molecule has 110 valence electrons. The van der Waals surface area contributed by atoms with Gasteiger partial charge in [-0.05, 0) is 31.0 Å². The van der Waals surface area contributed by atoms with Crippen LogP contribution in [0.25, 0.3) is 32.0 Å². The first-order valence-electron chi connectivity index (χ1n) is 8.20. The van der Waals surface area contributed by atoms with E-state index in [-0.39, 0.29) is 0 Å². The third kappa shape index (κ3) is 1.82. The second kappa shape index (κ2) is 4.82. The zero-order valence-corrected chi connectivity index (χ0v) is 13.2. The Morgan fingerprint density at radius 1 is 0.955 bits per heavy atom. The maximum Gasteiger partial charge on any atom is 0.0970 e. The molecule has 0 unspecified atom stereocenters. The molecular formula is C19H18N2S. The van der Waals surface area contributed by atoms with Gasteiger partial charge in [-0.1, -0.05) is 37.5 Å². The monoisotopic (exact) mass is 306 g/mol. The predicted molar refractivity (Wildman–Crippen MR) is 94.8 cm³/mol. The Morgan fingerprint density at radius 3 is 2.73 bits per heavy atom. The third-order valence-electron chi connectivity index (χ3n) is 5.01. The second-order valence-electron chi connectivity index (χ2n) is 6.39. The lowest BCUT2D eigenvalue weighted by Crippen LogP contribution is -2.03. The van der Waals surface area contributed by atoms with E-state index in [2.05, 4.69) is 41.4 Å². The number of fused-ring (bicyclic) bond motifs is 5. The molecule has 2 aromatic heterocycles. The summed E-state index contributed by atoms with van der Waals surface area (Å²) in [6, 6.07) is 13.0. The molecule has 0 saturated heterocycles. The maximum atomic E-state index is 4.96. The minimum atomic E-state index is 0.686. The Bertz CT molecular complexity index is 973. The van der Waals surface area contributed by atoms with Gasteiger partial charge in [0, 0.05) is 22.2 Å². The molecule has 0 bridgehead atoms. The van der Waals surface area contributed by atoms with Gasteiger partial charge in [0.2, 0.25) is 0 Å². The van der Waals surface area contributed by atoms with Crippen LogP contribution in [0.1, 0.15) is 43.0 Å². The Balaban J connectivity index is 1.75. The minimum Gasteiger partial charge on any atom is -0.353 e. The van der Waals surface area contributed by atoms with Crippen molar-refractivity contribution in [3.05, 3.63) is 41.4 Å². The molecule has 0 spiro atoms. The Morgan fingerprint density at radius 2 is 1.82 bits per heavy atom. The van der Waals surface area contributed by atoms with Crippen molar-refractivity contribution < 1.29 is 0 Å². The van der Waals surface area contributed by atoms with E-state index < -0.39 is 0 Å². The van der Waals surface area contributed by atoms with Crippen LogP contribution in [0.3, 0.4) is 0 Å². The zero-order valence-electron chi connectivity index (χ0n) is 12.4. The van der Waals surface area contributed by atoms with Crippen molar-refractivity contribution in [2.24, 2.45) is 0 Å². The highest BCUT2D eigenvalue weighted by molar-refractivity contribution is 7.19. The van der Waals surface area contributed by atoms with E-state index in [0.717, 1.165) is 5.52 Å². The quantitative estimate of drug-likeness (QED) is 0.460. The van der Waals surface area contributed by atoms with E-state index in [1.54, 1.807) is 0 Å². The number of para-hydroxylation sites is 1. The summed E-state index contributed by atoms with van der Waals surface area (Å²) in [6.45, 7) is 0. The smallest absolute Gasteiger partial charge is 0.0970 e. The Kier molecular flexibility index (Phi) is 2.77.